The van der Waals surface area contributed by atoms with E-state index in [9.17, 15) is 14.9 Å². The molecular weight excluding hydrogens is 298 g/mol. The smallest absolute Gasteiger partial charge is 0.339 e. The molecule has 1 N–H and O–H groups in total. The fourth-order valence-corrected chi connectivity index (χ4v) is 2.29. The summed E-state index contributed by atoms with van der Waals surface area (Å²) in [5.41, 5.74) is 1.85. The summed E-state index contributed by atoms with van der Waals surface area (Å²) in [6.45, 7) is 3.86. The number of nitrogens with zero attached hydrogens (tertiary/aromatic N) is 2. The predicted molar refractivity (Wildman–Crippen MR) is 85.4 cm³/mol. The lowest BCUT2D eigenvalue weighted by molar-refractivity contribution is -0.384. The number of nitrogens with one attached hydrogen (secondary N) is 1. The Kier molecular flexibility index (Phi) is 4.90. The third-order valence-electron chi connectivity index (χ3n) is 3.49. The van der Waals surface area contributed by atoms with Gasteiger partial charge in [-0.3, -0.25) is 10.1 Å². The first-order valence-electron chi connectivity index (χ1n) is 6.99. The topological polar surface area (TPSA) is 94.4 Å². The van der Waals surface area contributed by atoms with Crippen molar-refractivity contribution in [2.24, 2.45) is 0 Å². The molecule has 0 bridgehead atoms. The number of benzene rings is 1. The van der Waals surface area contributed by atoms with Crippen molar-refractivity contribution >= 4 is 17.5 Å². The van der Waals surface area contributed by atoms with Crippen molar-refractivity contribution in [1.82, 2.24) is 4.98 Å². The van der Waals surface area contributed by atoms with Crippen molar-refractivity contribution in [3.05, 3.63) is 63.3 Å². The number of hydrogen-bond acceptors (Lipinski definition) is 6. The second kappa shape index (κ2) is 6.87. The van der Waals surface area contributed by atoms with Gasteiger partial charge in [0.05, 0.1) is 23.6 Å². The van der Waals surface area contributed by atoms with Gasteiger partial charge in [0.1, 0.15) is 0 Å². The van der Waals surface area contributed by atoms with E-state index in [0.717, 1.165) is 17.2 Å². The Morgan fingerprint density at radius 2 is 2.09 bits per heavy atom. The monoisotopic (exact) mass is 315 g/mol. The lowest BCUT2D eigenvalue weighted by Gasteiger charge is -2.17. The largest absolute Gasteiger partial charge is 0.465 e. The van der Waals surface area contributed by atoms with Crippen LogP contribution in [0.5, 0.6) is 0 Å². The van der Waals surface area contributed by atoms with Crippen molar-refractivity contribution in [3.8, 4) is 0 Å². The van der Waals surface area contributed by atoms with Crippen LogP contribution >= 0.6 is 0 Å². The fourth-order valence-electron chi connectivity index (χ4n) is 2.29. The minimum Gasteiger partial charge on any atom is -0.465 e. The second-order valence-corrected chi connectivity index (χ2v) is 5.06. The Balaban J connectivity index is 2.34. The Hall–Kier alpha value is -2.96. The molecule has 1 aromatic carbocycles. The van der Waals surface area contributed by atoms with Gasteiger partial charge < -0.3 is 10.1 Å². The average Bonchev–Trinajstić information content (AvgIpc) is 2.54. The Morgan fingerprint density at radius 1 is 1.39 bits per heavy atom. The Morgan fingerprint density at radius 3 is 2.70 bits per heavy atom. The van der Waals surface area contributed by atoms with E-state index in [-0.39, 0.29) is 23.1 Å². The van der Waals surface area contributed by atoms with Crippen LogP contribution < -0.4 is 5.32 Å². The first kappa shape index (κ1) is 16.4. The van der Waals surface area contributed by atoms with Crippen LogP contribution in [0.4, 0.5) is 11.5 Å². The zero-order valence-corrected chi connectivity index (χ0v) is 13.1. The third kappa shape index (κ3) is 3.63. The summed E-state index contributed by atoms with van der Waals surface area (Å²) >= 11 is 0. The molecule has 0 fully saturated rings. The van der Waals surface area contributed by atoms with E-state index in [2.05, 4.69) is 15.0 Å². The van der Waals surface area contributed by atoms with Crippen LogP contribution in [0.25, 0.3) is 0 Å². The Labute approximate surface area is 133 Å². The lowest BCUT2D eigenvalue weighted by atomic mass is 10.0. The van der Waals surface area contributed by atoms with E-state index in [1.54, 1.807) is 0 Å². The molecule has 7 heteroatoms. The Bertz CT molecular complexity index is 746. The van der Waals surface area contributed by atoms with Gasteiger partial charge in [0.25, 0.3) is 0 Å². The molecule has 0 saturated carbocycles. The molecule has 1 aromatic heterocycles. The number of ether oxygens (including phenoxy) is 1. The summed E-state index contributed by atoms with van der Waals surface area (Å²) in [5, 5.41) is 14.3. The van der Waals surface area contributed by atoms with Crippen molar-refractivity contribution in [3.63, 3.8) is 0 Å². The van der Waals surface area contributed by atoms with Crippen LogP contribution in [-0.2, 0) is 4.74 Å². The number of hydrogen-bond donors (Lipinski definition) is 1. The molecule has 2 aromatic rings. The zero-order valence-electron chi connectivity index (χ0n) is 13.1. The maximum atomic E-state index is 11.5. The zero-order chi connectivity index (χ0) is 17.0. The van der Waals surface area contributed by atoms with E-state index >= 15 is 0 Å². The summed E-state index contributed by atoms with van der Waals surface area (Å²) < 4.78 is 4.56. The molecule has 0 aliphatic heterocycles. The average molecular weight is 315 g/mol. The number of esters is 1. The molecule has 120 valence electrons. The van der Waals surface area contributed by atoms with Crippen LogP contribution in [0.1, 0.15) is 34.5 Å². The molecule has 0 aliphatic carbocycles. The van der Waals surface area contributed by atoms with Gasteiger partial charge in [-0.1, -0.05) is 24.3 Å². The molecule has 2 rings (SSSR count). The van der Waals surface area contributed by atoms with Crippen LogP contribution in [0, 0.1) is 17.0 Å². The van der Waals surface area contributed by atoms with Crippen molar-refractivity contribution in [1.29, 1.82) is 0 Å². The summed E-state index contributed by atoms with van der Waals surface area (Å²) in [4.78, 5) is 26.2. The molecule has 1 heterocycles. The van der Waals surface area contributed by atoms with Crippen molar-refractivity contribution in [2.75, 3.05) is 12.4 Å². The highest BCUT2D eigenvalue weighted by Crippen LogP contribution is 2.28. The van der Waals surface area contributed by atoms with Crippen LogP contribution in [0.2, 0.25) is 0 Å². The van der Waals surface area contributed by atoms with Gasteiger partial charge in [-0.05, 0) is 25.0 Å². The minimum atomic E-state index is -0.667. The maximum absolute atomic E-state index is 11.5. The summed E-state index contributed by atoms with van der Waals surface area (Å²) in [6.07, 6.45) is 1.26. The fraction of sp³-hybridized carbons (Fsp3) is 0.250. The maximum Gasteiger partial charge on any atom is 0.339 e. The molecule has 0 saturated heterocycles. The third-order valence-corrected chi connectivity index (χ3v) is 3.49. The van der Waals surface area contributed by atoms with Gasteiger partial charge in [-0.15, -0.1) is 0 Å². The number of aromatic nitrogens is 1. The van der Waals surface area contributed by atoms with Crippen molar-refractivity contribution < 1.29 is 14.5 Å². The first-order chi connectivity index (χ1) is 10.9. The van der Waals surface area contributed by atoms with E-state index in [0.29, 0.717) is 0 Å². The molecule has 0 aliphatic rings. The van der Waals surface area contributed by atoms with Crippen molar-refractivity contribution in [2.45, 2.75) is 19.9 Å². The van der Waals surface area contributed by atoms with Crippen LogP contribution in [0.15, 0.2) is 36.5 Å². The number of carbonyl (C=O) groups excluding carboxylic acids is 1. The molecule has 7 nitrogen and oxygen atoms in total. The number of aryl methyl sites for hydroxylation is 1. The first-order valence-corrected chi connectivity index (χ1v) is 6.99. The summed E-state index contributed by atoms with van der Waals surface area (Å²) in [6, 6.07) is 8.73. The SMILES string of the molecule is COC(=O)c1cnc(NC(C)c2ccccc2C)c([N+](=O)[O-])c1. The number of carbonyl (C=O) groups is 1. The number of nitro groups is 1. The van der Waals surface area contributed by atoms with E-state index in [1.807, 2.05) is 38.1 Å². The molecule has 23 heavy (non-hydrogen) atoms. The van der Waals surface area contributed by atoms with E-state index < -0.39 is 10.9 Å². The summed E-state index contributed by atoms with van der Waals surface area (Å²) in [7, 11) is 1.21. The molecule has 1 unspecified atom stereocenters. The molecular formula is C16H17N3O4. The van der Waals surface area contributed by atoms with Gasteiger partial charge >= 0.3 is 11.7 Å². The lowest BCUT2D eigenvalue weighted by Crippen LogP contribution is -2.12. The van der Waals surface area contributed by atoms with Gasteiger partial charge in [0.15, 0.2) is 0 Å². The predicted octanol–water partition coefficient (Wildman–Crippen LogP) is 3.26. The number of pyridine rings is 1. The standard InChI is InChI=1S/C16H17N3O4/c1-10-6-4-5-7-13(10)11(2)18-15-14(19(21)22)8-12(9-17-15)16(20)23-3/h4-9,11H,1-3H3,(H,17,18). The highest BCUT2D eigenvalue weighted by Gasteiger charge is 2.21. The normalized spacial score (nSPS) is 11.6. The van der Waals surface area contributed by atoms with E-state index in [4.69, 9.17) is 0 Å². The second-order valence-electron chi connectivity index (χ2n) is 5.06. The molecule has 1 atom stereocenters. The molecule has 0 amide bonds. The van der Waals surface area contributed by atoms with Gasteiger partial charge in [-0.25, -0.2) is 9.78 Å². The van der Waals surface area contributed by atoms with Gasteiger partial charge in [-0.2, -0.15) is 0 Å². The van der Waals surface area contributed by atoms with Crippen LogP contribution in [-0.4, -0.2) is 23.0 Å². The minimum absolute atomic E-state index is 0.0355. The highest BCUT2D eigenvalue weighted by atomic mass is 16.6. The highest BCUT2D eigenvalue weighted by molar-refractivity contribution is 5.90. The van der Waals surface area contributed by atoms with Gasteiger partial charge in [0, 0.05) is 12.3 Å². The number of rotatable bonds is 5. The quantitative estimate of drug-likeness (QED) is 0.517. The van der Waals surface area contributed by atoms with E-state index in [1.165, 1.54) is 13.3 Å². The summed E-state index contributed by atoms with van der Waals surface area (Å²) in [5.74, 6) is -0.558. The number of methoxy groups -OCH3 is 1. The van der Waals surface area contributed by atoms with Gasteiger partial charge in [0.2, 0.25) is 5.82 Å². The van der Waals surface area contributed by atoms with Crippen LogP contribution in [0.3, 0.4) is 0 Å². The molecule has 0 spiro atoms. The molecule has 0 radical (unpaired) electrons. The number of anilines is 1.